The molecule has 0 unspecified atom stereocenters. The van der Waals surface area contributed by atoms with Gasteiger partial charge < -0.3 is 10.1 Å². The van der Waals surface area contributed by atoms with Crippen LogP contribution in [0.3, 0.4) is 0 Å². The first-order valence-electron chi connectivity index (χ1n) is 9.05. The second-order valence-electron chi connectivity index (χ2n) is 7.01. The first-order valence-corrected chi connectivity index (χ1v) is 9.05. The minimum Gasteiger partial charge on any atom is -0.483 e. The molecule has 0 aliphatic heterocycles. The van der Waals surface area contributed by atoms with E-state index in [0.717, 1.165) is 53.8 Å². The molecule has 2 aromatic rings. The van der Waals surface area contributed by atoms with Gasteiger partial charge in [0.2, 0.25) is 0 Å². The fourth-order valence-electron chi connectivity index (χ4n) is 3.54. The lowest BCUT2D eigenvalue weighted by Gasteiger charge is -2.21. The number of rotatable bonds is 5. The number of benzene rings is 2. The van der Waals surface area contributed by atoms with Crippen molar-refractivity contribution in [2.24, 2.45) is 0 Å². The average Bonchev–Trinajstić information content (AvgIpc) is 3.14. The van der Waals surface area contributed by atoms with Crippen LogP contribution in [-0.2, 0) is 10.2 Å². The Morgan fingerprint density at radius 3 is 2.50 bits per heavy atom. The molecule has 1 N–H and O–H groups in total. The van der Waals surface area contributed by atoms with Crippen LogP contribution in [0.2, 0.25) is 0 Å². The number of hydrogen-bond acceptors (Lipinski definition) is 3. The maximum absolute atomic E-state index is 12.2. The van der Waals surface area contributed by atoms with E-state index in [-0.39, 0.29) is 17.9 Å². The van der Waals surface area contributed by atoms with Crippen molar-refractivity contribution in [3.8, 4) is 11.8 Å². The van der Waals surface area contributed by atoms with Crippen LogP contribution in [0.15, 0.2) is 42.5 Å². The van der Waals surface area contributed by atoms with Crippen molar-refractivity contribution >= 4 is 11.6 Å². The number of hydrogen-bond donors (Lipinski definition) is 1. The fraction of sp³-hybridized carbons (Fsp3) is 0.364. The smallest absolute Gasteiger partial charge is 0.262 e. The highest BCUT2D eigenvalue weighted by Gasteiger charge is 2.35. The molecule has 0 radical (unpaired) electrons. The Balaban J connectivity index is 1.60. The molecule has 3 rings (SSSR count). The zero-order valence-electron chi connectivity index (χ0n) is 15.3. The van der Waals surface area contributed by atoms with Gasteiger partial charge >= 0.3 is 0 Å². The molecule has 4 nitrogen and oxygen atoms in total. The van der Waals surface area contributed by atoms with E-state index in [1.165, 1.54) is 0 Å². The predicted molar refractivity (Wildman–Crippen MR) is 102 cm³/mol. The van der Waals surface area contributed by atoms with Crippen LogP contribution in [0.5, 0.6) is 5.75 Å². The molecule has 1 aliphatic rings. The van der Waals surface area contributed by atoms with Crippen molar-refractivity contribution in [1.82, 2.24) is 0 Å². The average molecular weight is 348 g/mol. The Bertz CT molecular complexity index is 828. The lowest BCUT2D eigenvalue weighted by atomic mass is 9.80. The summed E-state index contributed by atoms with van der Waals surface area (Å²) in [5, 5.41) is 12.4. The van der Waals surface area contributed by atoms with Crippen LogP contribution in [0.4, 0.5) is 5.69 Å². The summed E-state index contributed by atoms with van der Waals surface area (Å²) in [6.45, 7) is 3.96. The Labute approximate surface area is 154 Å². The maximum atomic E-state index is 12.2. The van der Waals surface area contributed by atoms with E-state index in [9.17, 15) is 10.1 Å². The number of nitriles is 1. The Hall–Kier alpha value is -2.80. The number of aryl methyl sites for hydroxylation is 1. The molecule has 134 valence electrons. The third-order valence-corrected chi connectivity index (χ3v) is 5.31. The number of carbonyl (C=O) groups is 1. The number of nitrogens with zero attached hydrogens (tertiary/aromatic N) is 1. The summed E-state index contributed by atoms with van der Waals surface area (Å²) in [5.74, 6) is 0.530. The minimum atomic E-state index is -0.353. The van der Waals surface area contributed by atoms with Crippen molar-refractivity contribution in [3.05, 3.63) is 59.2 Å². The summed E-state index contributed by atoms with van der Waals surface area (Å²) in [6.07, 6.45) is 4.03. The molecular weight excluding hydrogens is 324 g/mol. The van der Waals surface area contributed by atoms with Gasteiger partial charge in [-0.05, 0) is 61.6 Å². The summed E-state index contributed by atoms with van der Waals surface area (Å²) >= 11 is 0. The van der Waals surface area contributed by atoms with Gasteiger partial charge in [-0.1, -0.05) is 37.1 Å². The lowest BCUT2D eigenvalue weighted by Crippen LogP contribution is -2.21. The summed E-state index contributed by atoms with van der Waals surface area (Å²) in [5.41, 5.74) is 3.59. The minimum absolute atomic E-state index is 0.0336. The molecule has 1 amide bonds. The second-order valence-corrected chi connectivity index (χ2v) is 7.01. The van der Waals surface area contributed by atoms with Crippen LogP contribution in [0.1, 0.15) is 42.4 Å². The molecule has 0 saturated heterocycles. The van der Waals surface area contributed by atoms with Crippen LogP contribution < -0.4 is 10.1 Å². The number of ether oxygens (including phenoxy) is 1. The topological polar surface area (TPSA) is 62.1 Å². The zero-order chi connectivity index (χ0) is 18.6. The number of anilines is 1. The molecule has 4 heteroatoms. The largest absolute Gasteiger partial charge is 0.483 e. The Morgan fingerprint density at radius 2 is 1.85 bits per heavy atom. The molecule has 26 heavy (non-hydrogen) atoms. The molecule has 1 fully saturated rings. The Kier molecular flexibility index (Phi) is 5.27. The molecule has 0 spiro atoms. The number of nitrogens with one attached hydrogen (secondary N) is 1. The Morgan fingerprint density at radius 1 is 1.15 bits per heavy atom. The normalized spacial score (nSPS) is 15.3. The van der Waals surface area contributed by atoms with Gasteiger partial charge in [-0.3, -0.25) is 4.79 Å². The van der Waals surface area contributed by atoms with Gasteiger partial charge in [-0.15, -0.1) is 0 Å². The maximum Gasteiger partial charge on any atom is 0.262 e. The van der Waals surface area contributed by atoms with E-state index in [2.05, 4.69) is 11.4 Å². The molecule has 0 heterocycles. The molecule has 1 aliphatic carbocycles. The third-order valence-electron chi connectivity index (χ3n) is 5.31. The molecule has 2 aromatic carbocycles. The van der Waals surface area contributed by atoms with Gasteiger partial charge in [0, 0.05) is 5.69 Å². The van der Waals surface area contributed by atoms with E-state index >= 15 is 0 Å². The van der Waals surface area contributed by atoms with Gasteiger partial charge in [-0.2, -0.15) is 5.26 Å². The van der Waals surface area contributed by atoms with Crippen LogP contribution in [-0.4, -0.2) is 12.5 Å². The summed E-state index contributed by atoms with van der Waals surface area (Å²) in [7, 11) is 0. The van der Waals surface area contributed by atoms with Crippen molar-refractivity contribution in [3.63, 3.8) is 0 Å². The first-order chi connectivity index (χ1) is 12.5. The van der Waals surface area contributed by atoms with Gasteiger partial charge in [0.05, 0.1) is 11.5 Å². The van der Waals surface area contributed by atoms with Crippen molar-refractivity contribution in [2.75, 3.05) is 11.9 Å². The van der Waals surface area contributed by atoms with Crippen LogP contribution in [0, 0.1) is 25.2 Å². The monoisotopic (exact) mass is 348 g/mol. The van der Waals surface area contributed by atoms with Crippen molar-refractivity contribution in [1.29, 1.82) is 5.26 Å². The van der Waals surface area contributed by atoms with Gasteiger partial charge in [0.15, 0.2) is 6.61 Å². The number of amides is 1. The van der Waals surface area contributed by atoms with E-state index in [1.54, 1.807) is 0 Å². The third kappa shape index (κ3) is 3.72. The summed E-state index contributed by atoms with van der Waals surface area (Å²) < 4.78 is 5.63. The molecule has 0 bridgehead atoms. The fourth-order valence-corrected chi connectivity index (χ4v) is 3.54. The van der Waals surface area contributed by atoms with Gasteiger partial charge in [-0.25, -0.2) is 0 Å². The van der Waals surface area contributed by atoms with Gasteiger partial charge in [0.25, 0.3) is 5.91 Å². The number of carbonyl (C=O) groups excluding carboxylic acids is 1. The molecule has 0 atom stereocenters. The summed E-state index contributed by atoms with van der Waals surface area (Å²) in [4.78, 5) is 12.2. The van der Waals surface area contributed by atoms with Crippen LogP contribution >= 0.6 is 0 Å². The molecule has 0 aromatic heterocycles. The first kappa shape index (κ1) is 18.0. The lowest BCUT2D eigenvalue weighted by molar-refractivity contribution is -0.118. The predicted octanol–water partition coefficient (Wildman–Crippen LogP) is 4.66. The molecular formula is C22H24N2O2. The second kappa shape index (κ2) is 7.61. The van der Waals surface area contributed by atoms with E-state index in [0.29, 0.717) is 0 Å². The quantitative estimate of drug-likeness (QED) is 0.855. The standard InChI is InChI=1S/C22H24N2O2/c1-16-6-5-7-20(17(16)2)26-14-21(25)24-19-10-8-18(9-11-19)22(15-23)12-3-4-13-22/h5-11H,3-4,12-14H2,1-2H3,(H,24,25). The van der Waals surface area contributed by atoms with Crippen LogP contribution in [0.25, 0.3) is 0 Å². The van der Waals surface area contributed by atoms with Gasteiger partial charge in [0.1, 0.15) is 5.75 Å². The summed E-state index contributed by atoms with van der Waals surface area (Å²) in [6, 6.07) is 15.9. The van der Waals surface area contributed by atoms with Crippen molar-refractivity contribution < 1.29 is 9.53 Å². The highest BCUT2D eigenvalue weighted by atomic mass is 16.5. The van der Waals surface area contributed by atoms with E-state index in [1.807, 2.05) is 56.3 Å². The SMILES string of the molecule is Cc1cccc(OCC(=O)Nc2ccc(C3(C#N)CCCC3)cc2)c1C. The highest BCUT2D eigenvalue weighted by Crippen LogP contribution is 2.40. The van der Waals surface area contributed by atoms with Crippen molar-refractivity contribution in [2.45, 2.75) is 44.9 Å². The van der Waals surface area contributed by atoms with E-state index in [4.69, 9.17) is 4.74 Å². The van der Waals surface area contributed by atoms with E-state index < -0.39 is 0 Å². The zero-order valence-corrected chi connectivity index (χ0v) is 15.3. The molecule has 1 saturated carbocycles. The highest BCUT2D eigenvalue weighted by molar-refractivity contribution is 5.91.